The van der Waals surface area contributed by atoms with Crippen LogP contribution >= 0.6 is 0 Å². The van der Waals surface area contributed by atoms with Gasteiger partial charge in [0.05, 0.1) is 30.4 Å². The number of allylic oxidation sites excluding steroid dienone is 2. The summed E-state index contributed by atoms with van der Waals surface area (Å²) in [6.45, 7) is 3.48. The SMILES string of the molecule is C[C@@H]1C[C@H](C)O[C@]23C=C[C@H](C=C[C@@H]2C(=O)O1)C(C#N)(C#N)C3(C#N)C#N. The monoisotopic (exact) mass is 348 g/mol. The Bertz CT molecular complexity index is 850. The fourth-order valence-corrected chi connectivity index (χ4v) is 4.33. The predicted octanol–water partition coefficient (Wildman–Crippen LogP) is 1.90. The number of nitriles is 4. The number of ether oxygens (including phenoxy) is 2. The molecule has 130 valence electrons. The van der Waals surface area contributed by atoms with Crippen molar-refractivity contribution in [3.63, 3.8) is 0 Å². The highest BCUT2D eigenvalue weighted by molar-refractivity contribution is 5.79. The molecule has 0 radical (unpaired) electrons. The highest BCUT2D eigenvalue weighted by atomic mass is 16.6. The molecule has 0 saturated carbocycles. The van der Waals surface area contributed by atoms with Gasteiger partial charge in [0.25, 0.3) is 0 Å². The van der Waals surface area contributed by atoms with Crippen LogP contribution in [0.1, 0.15) is 20.3 Å². The molecule has 0 aromatic carbocycles. The van der Waals surface area contributed by atoms with Crippen LogP contribution in [0.5, 0.6) is 0 Å². The van der Waals surface area contributed by atoms with Crippen molar-refractivity contribution >= 4 is 5.97 Å². The van der Waals surface area contributed by atoms with Crippen LogP contribution in [-0.4, -0.2) is 23.8 Å². The van der Waals surface area contributed by atoms with Crippen LogP contribution in [0.15, 0.2) is 24.3 Å². The molecular weight excluding hydrogens is 332 g/mol. The molecule has 0 amide bonds. The Morgan fingerprint density at radius 1 is 1.00 bits per heavy atom. The van der Waals surface area contributed by atoms with Crippen molar-refractivity contribution in [2.45, 2.75) is 38.1 Å². The maximum Gasteiger partial charge on any atom is 0.316 e. The van der Waals surface area contributed by atoms with E-state index in [1.165, 1.54) is 18.2 Å². The lowest BCUT2D eigenvalue weighted by molar-refractivity contribution is -0.195. The van der Waals surface area contributed by atoms with Gasteiger partial charge in [-0.3, -0.25) is 4.79 Å². The molecular formula is C19H16N4O3. The second-order valence-electron chi connectivity index (χ2n) is 6.96. The Kier molecular flexibility index (Phi) is 3.88. The summed E-state index contributed by atoms with van der Waals surface area (Å²) in [6.07, 6.45) is 5.58. The zero-order valence-electron chi connectivity index (χ0n) is 14.3. The van der Waals surface area contributed by atoms with Crippen molar-refractivity contribution < 1.29 is 14.3 Å². The van der Waals surface area contributed by atoms with E-state index >= 15 is 0 Å². The maximum atomic E-state index is 12.8. The van der Waals surface area contributed by atoms with Crippen LogP contribution in [0.4, 0.5) is 0 Å². The largest absolute Gasteiger partial charge is 0.462 e. The zero-order valence-corrected chi connectivity index (χ0v) is 14.3. The number of fused-ring (bicyclic) bond motifs is 1. The molecule has 0 unspecified atom stereocenters. The predicted molar refractivity (Wildman–Crippen MR) is 86.0 cm³/mol. The van der Waals surface area contributed by atoms with Crippen LogP contribution in [0.3, 0.4) is 0 Å². The normalized spacial score (nSPS) is 38.8. The van der Waals surface area contributed by atoms with Gasteiger partial charge in [0, 0.05) is 12.3 Å². The summed E-state index contributed by atoms with van der Waals surface area (Å²) in [7, 11) is 0. The Labute approximate surface area is 151 Å². The molecule has 0 aromatic rings. The maximum absolute atomic E-state index is 12.8. The fourth-order valence-electron chi connectivity index (χ4n) is 4.33. The van der Waals surface area contributed by atoms with Crippen molar-refractivity contribution in [1.29, 1.82) is 21.0 Å². The third-order valence-electron chi connectivity index (χ3n) is 5.52. The lowest BCUT2D eigenvalue weighted by Crippen LogP contribution is -2.65. The molecule has 7 heteroatoms. The zero-order chi connectivity index (χ0) is 19.2. The van der Waals surface area contributed by atoms with Crippen molar-refractivity contribution in [2.24, 2.45) is 22.7 Å². The third kappa shape index (κ3) is 1.84. The van der Waals surface area contributed by atoms with E-state index in [0.717, 1.165) is 0 Å². The van der Waals surface area contributed by atoms with E-state index in [9.17, 15) is 25.8 Å². The van der Waals surface area contributed by atoms with Gasteiger partial charge < -0.3 is 9.47 Å². The van der Waals surface area contributed by atoms with Gasteiger partial charge in [-0.05, 0) is 13.8 Å². The minimum Gasteiger partial charge on any atom is -0.462 e. The van der Waals surface area contributed by atoms with E-state index in [-0.39, 0.29) is 0 Å². The van der Waals surface area contributed by atoms with Crippen molar-refractivity contribution in [3.05, 3.63) is 24.3 Å². The molecule has 1 aliphatic heterocycles. The van der Waals surface area contributed by atoms with Gasteiger partial charge in [0.15, 0.2) is 5.41 Å². The van der Waals surface area contributed by atoms with E-state index in [1.54, 1.807) is 19.9 Å². The molecule has 4 rings (SSSR count). The molecule has 1 heterocycles. The van der Waals surface area contributed by atoms with Crippen molar-refractivity contribution in [3.8, 4) is 24.3 Å². The molecule has 3 aliphatic carbocycles. The summed E-state index contributed by atoms with van der Waals surface area (Å²) >= 11 is 0. The molecule has 2 bridgehead atoms. The number of esters is 1. The third-order valence-corrected chi connectivity index (χ3v) is 5.52. The molecule has 0 N–H and O–H groups in total. The molecule has 1 fully saturated rings. The number of carbonyl (C=O) groups is 1. The Morgan fingerprint density at radius 2 is 1.65 bits per heavy atom. The lowest BCUT2D eigenvalue weighted by Gasteiger charge is -2.51. The van der Waals surface area contributed by atoms with Crippen LogP contribution in [0.2, 0.25) is 0 Å². The lowest BCUT2D eigenvalue weighted by atomic mass is 9.49. The standard InChI is InChI=1S/C19H16N4O3/c1-12-7-13(2)26-19-6-5-14(3-4-15(19)16(24)25-12)17(8-20,9-21)18(19,10-22)11-23/h3-6,12-15H,7H2,1-2H3/t12-,13+,14+,15-,19-/m1/s1. The first-order chi connectivity index (χ1) is 12.4. The van der Waals surface area contributed by atoms with E-state index < -0.39 is 46.4 Å². The minimum atomic E-state index is -2.20. The molecule has 26 heavy (non-hydrogen) atoms. The summed E-state index contributed by atoms with van der Waals surface area (Å²) < 4.78 is 11.6. The van der Waals surface area contributed by atoms with Gasteiger partial charge >= 0.3 is 5.97 Å². The van der Waals surface area contributed by atoms with Gasteiger partial charge in [-0.15, -0.1) is 0 Å². The summed E-state index contributed by atoms with van der Waals surface area (Å²) in [6, 6.07) is 7.57. The molecule has 7 nitrogen and oxygen atoms in total. The molecule has 5 atom stereocenters. The highest BCUT2D eigenvalue weighted by Crippen LogP contribution is 2.61. The number of hydrogen-bond donors (Lipinski definition) is 0. The van der Waals surface area contributed by atoms with Gasteiger partial charge in [-0.25, -0.2) is 0 Å². The first-order valence-corrected chi connectivity index (χ1v) is 8.27. The second-order valence-corrected chi connectivity index (χ2v) is 6.96. The summed E-state index contributed by atoms with van der Waals surface area (Å²) in [5.74, 6) is -2.58. The van der Waals surface area contributed by atoms with Crippen LogP contribution < -0.4 is 0 Å². The smallest absolute Gasteiger partial charge is 0.316 e. The van der Waals surface area contributed by atoms with E-state index in [0.29, 0.717) is 6.42 Å². The number of rotatable bonds is 0. The average molecular weight is 348 g/mol. The van der Waals surface area contributed by atoms with Gasteiger partial charge in [0.1, 0.15) is 17.6 Å². The van der Waals surface area contributed by atoms with Gasteiger partial charge in [-0.2, -0.15) is 21.0 Å². The van der Waals surface area contributed by atoms with Crippen LogP contribution in [0, 0.1) is 68.0 Å². The summed E-state index contributed by atoms with van der Waals surface area (Å²) in [5, 5.41) is 39.8. The summed E-state index contributed by atoms with van der Waals surface area (Å²) in [5.41, 5.74) is -6.01. The Morgan fingerprint density at radius 3 is 2.23 bits per heavy atom. The van der Waals surface area contributed by atoms with E-state index in [2.05, 4.69) is 0 Å². The van der Waals surface area contributed by atoms with Gasteiger partial charge in [0.2, 0.25) is 5.41 Å². The van der Waals surface area contributed by atoms with E-state index in [4.69, 9.17) is 9.47 Å². The molecule has 0 aromatic heterocycles. The number of hydrogen-bond acceptors (Lipinski definition) is 7. The van der Waals surface area contributed by atoms with E-state index in [1.807, 2.05) is 24.3 Å². The fraction of sp³-hybridized carbons (Fsp3) is 0.526. The first-order valence-electron chi connectivity index (χ1n) is 8.27. The minimum absolute atomic E-state index is 0.361. The number of carbonyl (C=O) groups excluding carboxylic acids is 1. The van der Waals surface area contributed by atoms with Gasteiger partial charge in [-0.1, -0.05) is 24.3 Å². The topological polar surface area (TPSA) is 131 Å². The quantitative estimate of drug-likeness (QED) is 0.482. The number of cyclic esters (lactones) is 1. The van der Waals surface area contributed by atoms with Crippen LogP contribution in [0.25, 0.3) is 0 Å². The molecule has 1 spiro atoms. The summed E-state index contributed by atoms with van der Waals surface area (Å²) in [4.78, 5) is 12.8. The van der Waals surface area contributed by atoms with Crippen LogP contribution in [-0.2, 0) is 14.3 Å². The van der Waals surface area contributed by atoms with Crippen molar-refractivity contribution in [1.82, 2.24) is 0 Å². The Balaban J connectivity index is 2.39. The van der Waals surface area contributed by atoms with Crippen molar-refractivity contribution in [2.75, 3.05) is 0 Å². The Hall–Kier alpha value is -3.13. The second kappa shape index (κ2) is 5.70. The average Bonchev–Trinajstić information content (AvgIpc) is 2.84. The first kappa shape index (κ1) is 17.7. The highest BCUT2D eigenvalue weighted by Gasteiger charge is 2.75. The molecule has 1 saturated heterocycles. The molecule has 4 aliphatic rings. The number of nitrogens with zero attached hydrogens (tertiary/aromatic N) is 4.